The predicted molar refractivity (Wildman–Crippen MR) is 77.2 cm³/mol. The Bertz CT molecular complexity index is 614. The van der Waals surface area contributed by atoms with Crippen LogP contribution in [0.5, 0.6) is 11.5 Å². The van der Waals surface area contributed by atoms with Gasteiger partial charge in [0.25, 0.3) is 0 Å². The summed E-state index contributed by atoms with van der Waals surface area (Å²) in [5, 5.41) is 0. The Morgan fingerprint density at radius 2 is 1.63 bits per heavy atom. The van der Waals surface area contributed by atoms with Gasteiger partial charge in [-0.15, -0.1) is 0 Å². The van der Waals surface area contributed by atoms with Gasteiger partial charge in [-0.1, -0.05) is 24.3 Å². The van der Waals surface area contributed by atoms with Crippen molar-refractivity contribution in [2.75, 3.05) is 18.0 Å². The van der Waals surface area contributed by atoms with Crippen LogP contribution in [0.4, 0.5) is 5.69 Å². The normalized spacial score (nSPS) is 16.7. The molecule has 0 unspecified atom stereocenters. The number of nitrogens with zero attached hydrogens (tertiary/aromatic N) is 1. The molecule has 0 saturated carbocycles. The average molecular weight is 251 g/mol. The van der Waals surface area contributed by atoms with E-state index in [0.717, 1.165) is 17.9 Å². The van der Waals surface area contributed by atoms with Gasteiger partial charge in [-0.25, -0.2) is 0 Å². The van der Waals surface area contributed by atoms with Crippen LogP contribution in [0.3, 0.4) is 0 Å². The Morgan fingerprint density at radius 1 is 0.842 bits per heavy atom. The molecule has 19 heavy (non-hydrogen) atoms. The minimum absolute atomic E-state index is 0.984. The molecule has 2 heteroatoms. The van der Waals surface area contributed by atoms with Gasteiger partial charge < -0.3 is 9.64 Å². The second-order valence-electron chi connectivity index (χ2n) is 5.33. The Balaban J connectivity index is 1.78. The molecule has 1 saturated heterocycles. The van der Waals surface area contributed by atoms with Gasteiger partial charge in [0.15, 0.2) is 0 Å². The predicted octanol–water partition coefficient (Wildman–Crippen LogP) is 3.98. The molecule has 2 nitrogen and oxygen atoms in total. The van der Waals surface area contributed by atoms with Crippen LogP contribution in [0.1, 0.15) is 24.0 Å². The Hall–Kier alpha value is -1.96. The van der Waals surface area contributed by atoms with Crippen molar-refractivity contribution < 1.29 is 4.74 Å². The van der Waals surface area contributed by atoms with E-state index in [4.69, 9.17) is 4.74 Å². The third-order valence-electron chi connectivity index (χ3n) is 4.11. The molecule has 4 rings (SSSR count). The fourth-order valence-corrected chi connectivity index (χ4v) is 3.14. The first-order valence-electron chi connectivity index (χ1n) is 7.04. The molecule has 2 aromatic carbocycles. The molecule has 0 N–H and O–H groups in total. The van der Waals surface area contributed by atoms with Gasteiger partial charge in [0.2, 0.25) is 0 Å². The summed E-state index contributed by atoms with van der Waals surface area (Å²) in [6.07, 6.45) is 3.60. The summed E-state index contributed by atoms with van der Waals surface area (Å²) in [4.78, 5) is 2.50. The van der Waals surface area contributed by atoms with E-state index in [-0.39, 0.29) is 0 Å². The summed E-state index contributed by atoms with van der Waals surface area (Å²) < 4.78 is 6.05. The second-order valence-corrected chi connectivity index (χ2v) is 5.33. The van der Waals surface area contributed by atoms with Gasteiger partial charge >= 0.3 is 0 Å². The zero-order valence-electron chi connectivity index (χ0n) is 10.9. The van der Waals surface area contributed by atoms with Crippen molar-refractivity contribution in [3.8, 4) is 11.5 Å². The number of fused-ring (bicyclic) bond motifs is 2. The summed E-state index contributed by atoms with van der Waals surface area (Å²) in [5.74, 6) is 2.04. The molecule has 0 amide bonds. The van der Waals surface area contributed by atoms with Gasteiger partial charge in [-0.3, -0.25) is 0 Å². The van der Waals surface area contributed by atoms with Crippen LogP contribution in [-0.4, -0.2) is 13.1 Å². The van der Waals surface area contributed by atoms with Crippen LogP contribution < -0.4 is 9.64 Å². The summed E-state index contributed by atoms with van der Waals surface area (Å²) >= 11 is 0. The van der Waals surface area contributed by atoms with Gasteiger partial charge in [-0.05, 0) is 36.6 Å². The molecule has 0 atom stereocenters. The molecule has 96 valence electrons. The lowest BCUT2D eigenvalue weighted by molar-refractivity contribution is 0.460. The average Bonchev–Trinajstić information content (AvgIpc) is 2.98. The minimum Gasteiger partial charge on any atom is -0.457 e. The van der Waals surface area contributed by atoms with Crippen LogP contribution in [0, 0.1) is 0 Å². The molecule has 2 aliphatic heterocycles. The van der Waals surface area contributed by atoms with Crippen molar-refractivity contribution in [2.24, 2.45) is 0 Å². The molecule has 0 aliphatic carbocycles. The first-order valence-corrected chi connectivity index (χ1v) is 7.04. The first-order chi connectivity index (χ1) is 9.42. The highest BCUT2D eigenvalue weighted by Crippen LogP contribution is 2.41. The lowest BCUT2D eigenvalue weighted by Crippen LogP contribution is -2.20. The smallest absolute Gasteiger partial charge is 0.133 e. The highest BCUT2D eigenvalue weighted by atomic mass is 16.5. The highest BCUT2D eigenvalue weighted by molar-refractivity contribution is 5.64. The van der Waals surface area contributed by atoms with Crippen LogP contribution >= 0.6 is 0 Å². The number of rotatable bonds is 1. The molecule has 0 spiro atoms. The molecular weight excluding hydrogens is 234 g/mol. The molecule has 0 radical (unpaired) electrons. The molecule has 1 fully saturated rings. The number of para-hydroxylation sites is 1. The van der Waals surface area contributed by atoms with E-state index < -0.39 is 0 Å². The third kappa shape index (κ3) is 1.79. The van der Waals surface area contributed by atoms with Crippen molar-refractivity contribution in [1.82, 2.24) is 0 Å². The quantitative estimate of drug-likeness (QED) is 0.648. The molecular formula is C17H17NO. The second kappa shape index (κ2) is 4.30. The number of anilines is 1. The minimum atomic E-state index is 0.984. The maximum absolute atomic E-state index is 6.05. The number of hydrogen-bond donors (Lipinski definition) is 0. The molecule has 2 heterocycles. The zero-order chi connectivity index (χ0) is 12.7. The number of hydrogen-bond acceptors (Lipinski definition) is 2. The van der Waals surface area contributed by atoms with Crippen molar-refractivity contribution in [3.05, 3.63) is 53.6 Å². The maximum Gasteiger partial charge on any atom is 0.133 e. The fourth-order valence-electron chi connectivity index (χ4n) is 3.14. The lowest BCUT2D eigenvalue weighted by Gasteiger charge is -2.27. The topological polar surface area (TPSA) is 12.5 Å². The summed E-state index contributed by atoms with van der Waals surface area (Å²) in [6.45, 7) is 2.36. The standard InChI is InChI=1S/C17H17NO/c1-2-8-16-13(6-1)12-14-15(18-10-3-4-11-18)7-5-9-17(14)19-16/h1-2,5-9H,3-4,10-12H2. The van der Waals surface area contributed by atoms with Gasteiger partial charge in [0.05, 0.1) is 0 Å². The summed E-state index contributed by atoms with van der Waals surface area (Å²) in [5.41, 5.74) is 4.01. The van der Waals surface area contributed by atoms with Crippen molar-refractivity contribution in [1.29, 1.82) is 0 Å². The van der Waals surface area contributed by atoms with E-state index in [1.54, 1.807) is 0 Å². The van der Waals surface area contributed by atoms with Crippen molar-refractivity contribution in [3.63, 3.8) is 0 Å². The number of benzene rings is 2. The van der Waals surface area contributed by atoms with Gasteiger partial charge in [0, 0.05) is 30.8 Å². The van der Waals surface area contributed by atoms with Crippen LogP contribution in [0.25, 0.3) is 0 Å². The van der Waals surface area contributed by atoms with E-state index in [2.05, 4.69) is 41.3 Å². The SMILES string of the molecule is c1ccc2c(c1)Cc1c(cccc1N1CCCC1)O2. The van der Waals surface area contributed by atoms with E-state index in [0.29, 0.717) is 0 Å². The van der Waals surface area contributed by atoms with Crippen molar-refractivity contribution in [2.45, 2.75) is 19.3 Å². The molecule has 2 aliphatic rings. The largest absolute Gasteiger partial charge is 0.457 e. The zero-order valence-corrected chi connectivity index (χ0v) is 10.9. The Kier molecular flexibility index (Phi) is 2.47. The van der Waals surface area contributed by atoms with Gasteiger partial charge in [-0.2, -0.15) is 0 Å². The lowest BCUT2D eigenvalue weighted by atomic mass is 9.98. The van der Waals surface area contributed by atoms with Crippen LogP contribution in [0.2, 0.25) is 0 Å². The molecule has 0 aromatic heterocycles. The first kappa shape index (κ1) is 10.9. The third-order valence-corrected chi connectivity index (χ3v) is 4.11. The fraction of sp³-hybridized carbons (Fsp3) is 0.294. The Labute approximate surface area is 113 Å². The van der Waals surface area contributed by atoms with Crippen molar-refractivity contribution >= 4 is 5.69 Å². The van der Waals surface area contributed by atoms with E-state index in [9.17, 15) is 0 Å². The maximum atomic E-state index is 6.05. The Morgan fingerprint density at radius 3 is 2.53 bits per heavy atom. The highest BCUT2D eigenvalue weighted by Gasteiger charge is 2.23. The summed E-state index contributed by atoms with van der Waals surface area (Å²) in [7, 11) is 0. The van der Waals surface area contributed by atoms with Gasteiger partial charge in [0.1, 0.15) is 11.5 Å². The monoisotopic (exact) mass is 251 g/mol. The van der Waals surface area contributed by atoms with Crippen LogP contribution in [-0.2, 0) is 6.42 Å². The van der Waals surface area contributed by atoms with E-state index in [1.165, 1.54) is 42.7 Å². The van der Waals surface area contributed by atoms with E-state index >= 15 is 0 Å². The summed E-state index contributed by atoms with van der Waals surface area (Å²) in [6, 6.07) is 14.8. The molecule has 2 aromatic rings. The molecule has 0 bridgehead atoms. The van der Waals surface area contributed by atoms with Crippen LogP contribution in [0.15, 0.2) is 42.5 Å². The van der Waals surface area contributed by atoms with E-state index in [1.807, 2.05) is 6.07 Å². The number of ether oxygens (including phenoxy) is 1.